The van der Waals surface area contributed by atoms with Gasteiger partial charge in [-0.25, -0.2) is 12.8 Å². The van der Waals surface area contributed by atoms with Gasteiger partial charge in [0.1, 0.15) is 6.17 Å². The molecule has 0 unspecified atom stereocenters. The number of nitrogens with zero attached hydrogens (tertiary/aromatic N) is 2. The molecular weight excluding hydrogens is 381 g/mol. The number of halogens is 1. The predicted molar refractivity (Wildman–Crippen MR) is 107 cm³/mol. The zero-order chi connectivity index (χ0) is 20.5. The van der Waals surface area contributed by atoms with E-state index in [1.165, 1.54) is 0 Å². The Balaban J connectivity index is 1.56. The van der Waals surface area contributed by atoms with Crippen LogP contribution in [-0.4, -0.2) is 68.5 Å². The lowest BCUT2D eigenvalue weighted by Crippen LogP contribution is -2.47. The maximum Gasteiger partial charge on any atom is 0.243 e. The van der Waals surface area contributed by atoms with Crippen LogP contribution in [0.5, 0.6) is 0 Å². The van der Waals surface area contributed by atoms with Crippen molar-refractivity contribution in [1.29, 1.82) is 0 Å². The summed E-state index contributed by atoms with van der Waals surface area (Å²) < 4.78 is 41.0. The number of nitrogens with one attached hydrogen (secondary N) is 1. The molecule has 0 aromatic heterocycles. The van der Waals surface area contributed by atoms with E-state index in [9.17, 15) is 17.6 Å². The van der Waals surface area contributed by atoms with Crippen LogP contribution in [0.1, 0.15) is 36.0 Å². The predicted octanol–water partition coefficient (Wildman–Crippen LogP) is 1.92. The van der Waals surface area contributed by atoms with Crippen molar-refractivity contribution in [1.82, 2.24) is 14.5 Å². The summed E-state index contributed by atoms with van der Waals surface area (Å²) in [5.74, 6) is -0.0823. The Morgan fingerprint density at radius 3 is 2.25 bits per heavy atom. The number of amides is 1. The van der Waals surface area contributed by atoms with Crippen LogP contribution < -0.4 is 5.32 Å². The number of hydrogen-bond acceptors (Lipinski definition) is 4. The van der Waals surface area contributed by atoms with E-state index in [1.54, 1.807) is 9.21 Å². The van der Waals surface area contributed by atoms with Gasteiger partial charge in [0.05, 0.1) is 18.0 Å². The summed E-state index contributed by atoms with van der Waals surface area (Å²) in [5.41, 5.74) is 2.61. The van der Waals surface area contributed by atoms with Crippen LogP contribution in [0.3, 0.4) is 0 Å². The van der Waals surface area contributed by atoms with Gasteiger partial charge >= 0.3 is 0 Å². The van der Waals surface area contributed by atoms with Crippen molar-refractivity contribution in [3.8, 4) is 0 Å². The molecule has 2 fully saturated rings. The van der Waals surface area contributed by atoms with Gasteiger partial charge < -0.3 is 10.2 Å². The normalized spacial score (nSPS) is 22.0. The van der Waals surface area contributed by atoms with E-state index in [0.29, 0.717) is 43.8 Å². The van der Waals surface area contributed by atoms with Crippen LogP contribution in [0.4, 0.5) is 4.39 Å². The van der Waals surface area contributed by atoms with Crippen LogP contribution in [0, 0.1) is 20.8 Å². The Kier molecular flexibility index (Phi) is 6.41. The summed E-state index contributed by atoms with van der Waals surface area (Å²) >= 11 is 0. The van der Waals surface area contributed by atoms with E-state index in [2.05, 4.69) is 5.32 Å². The average Bonchev–Trinajstić information content (AvgIpc) is 3.05. The maximum atomic E-state index is 13.2. The number of alkyl halides is 1. The molecule has 1 atom stereocenters. The van der Waals surface area contributed by atoms with Gasteiger partial charge in [-0.05, 0) is 51.2 Å². The first-order valence-electron chi connectivity index (χ1n) is 9.91. The molecule has 156 valence electrons. The fraction of sp³-hybridized carbons (Fsp3) is 0.650. The fourth-order valence-corrected chi connectivity index (χ4v) is 6.17. The zero-order valence-electron chi connectivity index (χ0n) is 16.9. The standard InChI is InChI=1S/C20H30FN3O3S/c1-14-10-15(2)20(16(3)11-14)28(26,27)24-8-5-18(6-9-24)22-12-19(25)23-7-4-17(21)13-23/h10-11,17-18,22H,4-9,12-13H2,1-3H3/t17-/m0/s1. The van der Waals surface area contributed by atoms with Gasteiger partial charge in [-0.2, -0.15) is 4.31 Å². The number of sulfonamides is 1. The molecule has 0 spiro atoms. The van der Waals surface area contributed by atoms with Gasteiger partial charge in [0.15, 0.2) is 0 Å². The Morgan fingerprint density at radius 2 is 1.71 bits per heavy atom. The highest BCUT2D eigenvalue weighted by molar-refractivity contribution is 7.89. The number of carbonyl (C=O) groups is 1. The van der Waals surface area contributed by atoms with Gasteiger partial charge in [-0.15, -0.1) is 0 Å². The fourth-order valence-electron chi connectivity index (χ4n) is 4.29. The van der Waals surface area contributed by atoms with Gasteiger partial charge in [0.2, 0.25) is 15.9 Å². The molecule has 1 aromatic carbocycles. The van der Waals surface area contributed by atoms with Crippen molar-refractivity contribution in [2.75, 3.05) is 32.7 Å². The van der Waals surface area contributed by atoms with E-state index in [0.717, 1.165) is 16.7 Å². The molecule has 0 radical (unpaired) electrons. The lowest BCUT2D eigenvalue weighted by molar-refractivity contribution is -0.129. The highest BCUT2D eigenvalue weighted by Crippen LogP contribution is 2.27. The molecule has 28 heavy (non-hydrogen) atoms. The molecule has 2 saturated heterocycles. The third-order valence-corrected chi connectivity index (χ3v) is 7.89. The second-order valence-corrected chi connectivity index (χ2v) is 9.89. The second kappa shape index (κ2) is 8.47. The summed E-state index contributed by atoms with van der Waals surface area (Å²) in [7, 11) is -3.53. The molecule has 1 aromatic rings. The molecule has 0 saturated carbocycles. The third kappa shape index (κ3) is 4.55. The van der Waals surface area contributed by atoms with E-state index in [1.807, 2.05) is 32.9 Å². The molecule has 0 aliphatic carbocycles. The first kappa shape index (κ1) is 21.2. The van der Waals surface area contributed by atoms with Crippen LogP contribution in [0.2, 0.25) is 0 Å². The van der Waals surface area contributed by atoms with Gasteiger partial charge in [-0.1, -0.05) is 17.7 Å². The minimum Gasteiger partial charge on any atom is -0.339 e. The first-order chi connectivity index (χ1) is 13.2. The zero-order valence-corrected chi connectivity index (χ0v) is 17.7. The molecule has 0 bridgehead atoms. The highest BCUT2D eigenvalue weighted by atomic mass is 32.2. The summed E-state index contributed by atoms with van der Waals surface area (Å²) in [6, 6.07) is 3.90. The van der Waals surface area contributed by atoms with Gasteiger partial charge in [0, 0.05) is 25.7 Å². The van der Waals surface area contributed by atoms with Crippen LogP contribution in [-0.2, 0) is 14.8 Å². The van der Waals surface area contributed by atoms with Crippen molar-refractivity contribution >= 4 is 15.9 Å². The minimum atomic E-state index is -3.53. The number of likely N-dealkylation sites (tertiary alicyclic amines) is 1. The Hall–Kier alpha value is -1.51. The summed E-state index contributed by atoms with van der Waals surface area (Å²) in [5, 5.41) is 3.22. The Labute approximate surface area is 167 Å². The molecule has 1 N–H and O–H groups in total. The molecular formula is C20H30FN3O3S. The largest absolute Gasteiger partial charge is 0.339 e. The van der Waals surface area contributed by atoms with Crippen molar-refractivity contribution in [3.05, 3.63) is 28.8 Å². The van der Waals surface area contributed by atoms with Crippen molar-refractivity contribution in [3.63, 3.8) is 0 Å². The van der Waals surface area contributed by atoms with E-state index >= 15 is 0 Å². The molecule has 1 amide bonds. The van der Waals surface area contributed by atoms with Crippen LogP contribution >= 0.6 is 0 Å². The van der Waals surface area contributed by atoms with Crippen molar-refractivity contribution < 1.29 is 17.6 Å². The number of piperidine rings is 1. The smallest absolute Gasteiger partial charge is 0.243 e. The highest BCUT2D eigenvalue weighted by Gasteiger charge is 2.32. The SMILES string of the molecule is Cc1cc(C)c(S(=O)(=O)N2CCC(NCC(=O)N3CC[C@H](F)C3)CC2)c(C)c1. The number of benzene rings is 1. The lowest BCUT2D eigenvalue weighted by atomic mass is 10.1. The monoisotopic (exact) mass is 411 g/mol. The molecule has 3 rings (SSSR count). The minimum absolute atomic E-state index is 0.0823. The maximum absolute atomic E-state index is 13.2. The van der Waals surface area contributed by atoms with E-state index in [4.69, 9.17) is 0 Å². The van der Waals surface area contributed by atoms with Gasteiger partial charge in [0.25, 0.3) is 0 Å². The quantitative estimate of drug-likeness (QED) is 0.804. The first-order valence-corrected chi connectivity index (χ1v) is 11.4. The van der Waals surface area contributed by atoms with E-state index < -0.39 is 16.2 Å². The Morgan fingerprint density at radius 1 is 1.11 bits per heavy atom. The number of carbonyl (C=O) groups excluding carboxylic acids is 1. The van der Waals surface area contributed by atoms with Crippen molar-refractivity contribution in [2.24, 2.45) is 0 Å². The molecule has 8 heteroatoms. The molecule has 2 aliphatic rings. The second-order valence-electron chi connectivity index (χ2n) is 8.01. The average molecular weight is 412 g/mol. The molecule has 2 aliphatic heterocycles. The van der Waals surface area contributed by atoms with Crippen LogP contribution in [0.15, 0.2) is 17.0 Å². The summed E-state index contributed by atoms with van der Waals surface area (Å²) in [4.78, 5) is 14.1. The Bertz CT molecular complexity index is 812. The van der Waals surface area contributed by atoms with Crippen LogP contribution in [0.25, 0.3) is 0 Å². The topological polar surface area (TPSA) is 69.7 Å². The van der Waals surface area contributed by atoms with E-state index in [-0.39, 0.29) is 25.0 Å². The number of aryl methyl sites for hydroxylation is 3. The molecule has 2 heterocycles. The third-order valence-electron chi connectivity index (χ3n) is 5.68. The number of rotatable bonds is 5. The summed E-state index contributed by atoms with van der Waals surface area (Å²) in [6.45, 7) is 7.35. The van der Waals surface area contributed by atoms with Crippen molar-refractivity contribution in [2.45, 2.75) is 57.1 Å². The summed E-state index contributed by atoms with van der Waals surface area (Å²) in [6.07, 6.45) is 0.815. The number of hydrogen-bond donors (Lipinski definition) is 1. The van der Waals surface area contributed by atoms with Gasteiger partial charge in [-0.3, -0.25) is 4.79 Å². The lowest BCUT2D eigenvalue weighted by Gasteiger charge is -2.32. The molecule has 6 nitrogen and oxygen atoms in total.